The number of fused-ring (bicyclic) bond motifs is 1. The Morgan fingerprint density at radius 1 is 1.31 bits per heavy atom. The molecule has 1 N–H and O–H groups in total. The third-order valence-corrected chi connectivity index (χ3v) is 6.02. The largest absolute Gasteiger partial charge is 0.337 e. The van der Waals surface area contributed by atoms with Crippen LogP contribution in [0.2, 0.25) is 0 Å². The second kappa shape index (κ2) is 7.44. The summed E-state index contributed by atoms with van der Waals surface area (Å²) in [4.78, 5) is 19.2. The van der Waals surface area contributed by atoms with Crippen molar-refractivity contribution in [3.63, 3.8) is 0 Å². The van der Waals surface area contributed by atoms with E-state index in [9.17, 15) is 4.79 Å². The highest BCUT2D eigenvalue weighted by Crippen LogP contribution is 2.28. The first-order chi connectivity index (χ1) is 12.6. The minimum atomic E-state index is 0.0715. The number of hydrogen-bond acceptors (Lipinski definition) is 6. The van der Waals surface area contributed by atoms with Gasteiger partial charge in [0, 0.05) is 43.9 Å². The molecule has 140 valence electrons. The molecule has 26 heavy (non-hydrogen) atoms. The van der Waals surface area contributed by atoms with Crippen molar-refractivity contribution in [2.24, 2.45) is 5.92 Å². The molecule has 0 bridgehead atoms. The van der Waals surface area contributed by atoms with Crippen LogP contribution in [0.1, 0.15) is 59.8 Å². The van der Waals surface area contributed by atoms with Crippen molar-refractivity contribution in [2.45, 2.75) is 52.1 Å². The molecule has 0 atom stereocenters. The average Bonchev–Trinajstić information content (AvgIpc) is 3.28. The van der Waals surface area contributed by atoms with Gasteiger partial charge >= 0.3 is 0 Å². The van der Waals surface area contributed by atoms with Crippen LogP contribution < -0.4 is 5.32 Å². The lowest BCUT2D eigenvalue weighted by molar-refractivity contribution is 0.0704. The molecule has 1 saturated heterocycles. The number of thiazole rings is 1. The van der Waals surface area contributed by atoms with E-state index in [0.29, 0.717) is 17.5 Å². The SMILES string of the molecule is CC(C)Cc1nc(C(=O)N2CCC(c3nnc4n3CCNC4)CC2)cs1. The molecule has 2 aromatic heterocycles. The molecule has 0 saturated carbocycles. The lowest BCUT2D eigenvalue weighted by Crippen LogP contribution is -2.39. The number of likely N-dealkylation sites (tertiary alicyclic amines) is 1. The van der Waals surface area contributed by atoms with Gasteiger partial charge < -0.3 is 14.8 Å². The van der Waals surface area contributed by atoms with Gasteiger partial charge in [-0.1, -0.05) is 13.8 Å². The summed E-state index contributed by atoms with van der Waals surface area (Å²) >= 11 is 1.60. The second-order valence-corrected chi connectivity index (χ2v) is 8.54. The maximum atomic E-state index is 12.8. The Kier molecular flexibility index (Phi) is 5.04. The number of rotatable bonds is 4. The van der Waals surface area contributed by atoms with E-state index in [2.05, 4.69) is 38.9 Å². The molecule has 2 aliphatic rings. The van der Waals surface area contributed by atoms with Crippen LogP contribution >= 0.6 is 11.3 Å². The van der Waals surface area contributed by atoms with E-state index >= 15 is 0 Å². The molecule has 0 aliphatic carbocycles. The number of aromatic nitrogens is 4. The van der Waals surface area contributed by atoms with E-state index in [-0.39, 0.29) is 5.91 Å². The molecular weight excluding hydrogens is 348 g/mol. The molecule has 0 unspecified atom stereocenters. The fraction of sp³-hybridized carbons (Fsp3) is 0.667. The van der Waals surface area contributed by atoms with E-state index in [4.69, 9.17) is 0 Å². The molecule has 4 rings (SSSR count). The van der Waals surface area contributed by atoms with Crippen LogP contribution in [0.3, 0.4) is 0 Å². The fourth-order valence-electron chi connectivity index (χ4n) is 3.77. The van der Waals surface area contributed by atoms with Gasteiger partial charge in [-0.25, -0.2) is 4.98 Å². The summed E-state index contributed by atoms with van der Waals surface area (Å²) < 4.78 is 2.26. The number of nitrogens with one attached hydrogen (secondary N) is 1. The molecule has 2 aliphatic heterocycles. The molecule has 2 aromatic rings. The predicted molar refractivity (Wildman–Crippen MR) is 100 cm³/mol. The van der Waals surface area contributed by atoms with Crippen LogP contribution in [-0.4, -0.2) is 50.2 Å². The van der Waals surface area contributed by atoms with Gasteiger partial charge in [0.2, 0.25) is 0 Å². The van der Waals surface area contributed by atoms with Gasteiger partial charge in [0.25, 0.3) is 5.91 Å². The number of carbonyl (C=O) groups excluding carboxylic acids is 1. The predicted octanol–water partition coefficient (Wildman–Crippen LogP) is 2.06. The zero-order valence-corrected chi connectivity index (χ0v) is 16.3. The monoisotopic (exact) mass is 374 g/mol. The van der Waals surface area contributed by atoms with Crippen LogP contribution in [0.4, 0.5) is 0 Å². The second-order valence-electron chi connectivity index (χ2n) is 7.59. The molecule has 1 fully saturated rings. The summed E-state index contributed by atoms with van der Waals surface area (Å²) in [5.74, 6) is 3.16. The van der Waals surface area contributed by atoms with Crippen molar-refractivity contribution in [1.29, 1.82) is 0 Å². The summed E-state index contributed by atoms with van der Waals surface area (Å²) in [6, 6.07) is 0. The van der Waals surface area contributed by atoms with Gasteiger partial charge in [-0.05, 0) is 18.8 Å². The van der Waals surface area contributed by atoms with Gasteiger partial charge in [-0.2, -0.15) is 0 Å². The summed E-state index contributed by atoms with van der Waals surface area (Å²) in [6.07, 6.45) is 2.83. The van der Waals surface area contributed by atoms with Crippen LogP contribution in [0.15, 0.2) is 5.38 Å². The minimum absolute atomic E-state index is 0.0715. The molecular formula is C18H26N6OS. The summed E-state index contributed by atoms with van der Waals surface area (Å²) in [7, 11) is 0. The lowest BCUT2D eigenvalue weighted by atomic mass is 9.95. The number of nitrogens with zero attached hydrogens (tertiary/aromatic N) is 5. The van der Waals surface area contributed by atoms with E-state index in [1.54, 1.807) is 11.3 Å². The molecule has 7 nitrogen and oxygen atoms in total. The number of carbonyl (C=O) groups is 1. The molecule has 8 heteroatoms. The first-order valence-corrected chi connectivity index (χ1v) is 10.4. The zero-order chi connectivity index (χ0) is 18.1. The van der Waals surface area contributed by atoms with Crippen LogP contribution in [-0.2, 0) is 19.5 Å². The molecule has 0 aromatic carbocycles. The Morgan fingerprint density at radius 3 is 2.88 bits per heavy atom. The Labute approximate surface area is 157 Å². The van der Waals surface area contributed by atoms with E-state index < -0.39 is 0 Å². The Balaban J connectivity index is 1.38. The van der Waals surface area contributed by atoms with Crippen LogP contribution in [0.25, 0.3) is 0 Å². The third-order valence-electron chi connectivity index (χ3n) is 5.15. The van der Waals surface area contributed by atoms with Gasteiger partial charge in [-0.15, -0.1) is 21.5 Å². The van der Waals surface area contributed by atoms with Gasteiger partial charge in [0.1, 0.15) is 17.3 Å². The highest BCUT2D eigenvalue weighted by atomic mass is 32.1. The minimum Gasteiger partial charge on any atom is -0.337 e. The summed E-state index contributed by atoms with van der Waals surface area (Å²) in [5.41, 5.74) is 0.607. The van der Waals surface area contributed by atoms with Gasteiger partial charge in [0.15, 0.2) is 0 Å². The topological polar surface area (TPSA) is 75.9 Å². The first kappa shape index (κ1) is 17.6. The van der Waals surface area contributed by atoms with Crippen molar-refractivity contribution < 1.29 is 4.79 Å². The Bertz CT molecular complexity index is 774. The lowest BCUT2D eigenvalue weighted by Gasteiger charge is -2.31. The van der Waals surface area contributed by atoms with Crippen molar-refractivity contribution in [2.75, 3.05) is 19.6 Å². The van der Waals surface area contributed by atoms with Crippen LogP contribution in [0.5, 0.6) is 0 Å². The highest BCUT2D eigenvalue weighted by molar-refractivity contribution is 7.09. The zero-order valence-electron chi connectivity index (χ0n) is 15.4. The fourth-order valence-corrected chi connectivity index (χ4v) is 4.75. The average molecular weight is 375 g/mol. The first-order valence-electron chi connectivity index (χ1n) is 9.48. The Hall–Kier alpha value is -1.80. The van der Waals surface area contributed by atoms with E-state index in [1.807, 2.05) is 10.3 Å². The molecule has 4 heterocycles. The van der Waals surface area contributed by atoms with Crippen molar-refractivity contribution in [3.05, 3.63) is 27.7 Å². The van der Waals surface area contributed by atoms with E-state index in [0.717, 1.165) is 68.6 Å². The van der Waals surface area contributed by atoms with Crippen molar-refractivity contribution >= 4 is 17.2 Å². The highest BCUT2D eigenvalue weighted by Gasteiger charge is 2.29. The Morgan fingerprint density at radius 2 is 2.12 bits per heavy atom. The van der Waals surface area contributed by atoms with E-state index in [1.165, 1.54) is 0 Å². The smallest absolute Gasteiger partial charge is 0.273 e. The number of piperidine rings is 1. The summed E-state index contributed by atoms with van der Waals surface area (Å²) in [5, 5.41) is 15.1. The molecule has 1 amide bonds. The van der Waals surface area contributed by atoms with Gasteiger partial charge in [-0.3, -0.25) is 4.79 Å². The number of hydrogen-bond donors (Lipinski definition) is 1. The van der Waals surface area contributed by atoms with Crippen molar-refractivity contribution in [3.8, 4) is 0 Å². The normalized spacial score (nSPS) is 18.3. The quantitative estimate of drug-likeness (QED) is 0.886. The third kappa shape index (κ3) is 3.53. The van der Waals surface area contributed by atoms with Gasteiger partial charge in [0.05, 0.1) is 11.6 Å². The standard InChI is InChI=1S/C18H26N6OS/c1-12(2)9-16-20-14(11-26-16)18(25)23-6-3-13(4-7-23)17-22-21-15-10-19-5-8-24(15)17/h11-13,19H,3-10H2,1-2H3. The summed E-state index contributed by atoms with van der Waals surface area (Å²) in [6.45, 7) is 8.58. The van der Waals surface area contributed by atoms with Crippen LogP contribution in [0, 0.1) is 5.92 Å². The molecule has 0 spiro atoms. The maximum Gasteiger partial charge on any atom is 0.273 e. The number of amides is 1. The molecule has 0 radical (unpaired) electrons. The maximum absolute atomic E-state index is 12.8. The van der Waals surface area contributed by atoms with Crippen molar-refractivity contribution in [1.82, 2.24) is 30.0 Å².